The molecule has 1 atom stereocenters. The van der Waals surface area contributed by atoms with Crippen molar-refractivity contribution < 1.29 is 5.11 Å². The molecule has 0 bridgehead atoms. The van der Waals surface area contributed by atoms with Crippen LogP contribution < -0.4 is 5.32 Å². The van der Waals surface area contributed by atoms with Crippen molar-refractivity contribution in [3.8, 4) is 0 Å². The van der Waals surface area contributed by atoms with Gasteiger partial charge in [0.15, 0.2) is 0 Å². The number of hydrogen-bond donors (Lipinski definition) is 2. The Kier molecular flexibility index (Phi) is 4.97. The van der Waals surface area contributed by atoms with Gasteiger partial charge in [-0.05, 0) is 24.9 Å². The molecule has 0 saturated carbocycles. The maximum absolute atomic E-state index is 9.79. The number of piperidine rings is 1. The fraction of sp³-hybridized carbons (Fsp3) is 0.625. The van der Waals surface area contributed by atoms with Crippen molar-refractivity contribution in [1.82, 2.24) is 10.2 Å². The van der Waals surface area contributed by atoms with Crippen LogP contribution in [0.4, 0.5) is 0 Å². The quantitative estimate of drug-likeness (QED) is 0.852. The van der Waals surface area contributed by atoms with Crippen LogP contribution in [0.25, 0.3) is 0 Å². The van der Waals surface area contributed by atoms with Gasteiger partial charge in [0.2, 0.25) is 0 Å². The van der Waals surface area contributed by atoms with Gasteiger partial charge >= 0.3 is 0 Å². The summed E-state index contributed by atoms with van der Waals surface area (Å²) in [4.78, 5) is 2.45. The van der Waals surface area contributed by atoms with Gasteiger partial charge < -0.3 is 10.4 Å². The van der Waals surface area contributed by atoms with E-state index in [1.54, 1.807) is 0 Å². The first kappa shape index (κ1) is 14.5. The van der Waals surface area contributed by atoms with Crippen molar-refractivity contribution in [3.63, 3.8) is 0 Å². The number of rotatable bonds is 5. The Hall–Kier alpha value is -0.900. The van der Waals surface area contributed by atoms with E-state index < -0.39 is 0 Å². The van der Waals surface area contributed by atoms with Gasteiger partial charge in [-0.2, -0.15) is 0 Å². The van der Waals surface area contributed by atoms with E-state index in [1.807, 2.05) is 0 Å². The molecule has 0 aliphatic carbocycles. The molecule has 2 rings (SSSR count). The van der Waals surface area contributed by atoms with Gasteiger partial charge in [0.05, 0.1) is 12.1 Å². The number of likely N-dealkylation sites (tertiary alicyclic amines) is 1. The van der Waals surface area contributed by atoms with Crippen molar-refractivity contribution in [3.05, 3.63) is 35.9 Å². The maximum atomic E-state index is 9.79. The number of hydrogen-bond acceptors (Lipinski definition) is 3. The van der Waals surface area contributed by atoms with Gasteiger partial charge in [-0.1, -0.05) is 44.2 Å². The minimum Gasteiger partial charge on any atom is -0.394 e. The molecule has 0 aromatic heterocycles. The van der Waals surface area contributed by atoms with Crippen molar-refractivity contribution in [2.45, 2.75) is 44.8 Å². The minimum absolute atomic E-state index is 0.124. The standard InChI is InChI=1S/C16H26N2O/c1-14(2)17-16(13-19)9-6-10-18(12-16)11-15-7-4-3-5-8-15/h3-5,7-8,14,17,19H,6,9-13H2,1-2H3. The Bertz CT molecular complexity index is 380. The molecule has 1 aliphatic rings. The fourth-order valence-electron chi connectivity index (χ4n) is 3.11. The van der Waals surface area contributed by atoms with Crippen LogP contribution in [0.15, 0.2) is 30.3 Å². The van der Waals surface area contributed by atoms with Gasteiger partial charge in [-0.15, -0.1) is 0 Å². The zero-order valence-electron chi connectivity index (χ0n) is 12.1. The molecule has 1 aliphatic heterocycles. The summed E-state index contributed by atoms with van der Waals surface area (Å²) in [6.07, 6.45) is 2.21. The van der Waals surface area contributed by atoms with E-state index in [4.69, 9.17) is 0 Å². The molecule has 1 saturated heterocycles. The highest BCUT2D eigenvalue weighted by Crippen LogP contribution is 2.23. The van der Waals surface area contributed by atoms with E-state index in [1.165, 1.54) is 5.56 Å². The van der Waals surface area contributed by atoms with Crippen LogP contribution in [-0.2, 0) is 6.54 Å². The van der Waals surface area contributed by atoms with Crippen molar-refractivity contribution in [2.75, 3.05) is 19.7 Å². The van der Waals surface area contributed by atoms with Crippen LogP contribution in [0.1, 0.15) is 32.3 Å². The van der Waals surface area contributed by atoms with Gasteiger partial charge in [-0.25, -0.2) is 0 Å². The number of benzene rings is 1. The minimum atomic E-state index is -0.124. The summed E-state index contributed by atoms with van der Waals surface area (Å²) in [7, 11) is 0. The largest absolute Gasteiger partial charge is 0.394 e. The second-order valence-corrected chi connectivity index (χ2v) is 6.04. The lowest BCUT2D eigenvalue weighted by Crippen LogP contribution is -2.60. The van der Waals surface area contributed by atoms with Crippen LogP contribution >= 0.6 is 0 Å². The molecule has 0 spiro atoms. The normalized spacial score (nSPS) is 24.8. The summed E-state index contributed by atoms with van der Waals surface area (Å²) in [5.41, 5.74) is 1.22. The summed E-state index contributed by atoms with van der Waals surface area (Å²) >= 11 is 0. The molecule has 0 amide bonds. The van der Waals surface area contributed by atoms with Gasteiger partial charge in [-0.3, -0.25) is 4.90 Å². The SMILES string of the molecule is CC(C)NC1(CO)CCCN(Cc2ccccc2)C1. The molecule has 1 aromatic rings. The zero-order chi connectivity index (χ0) is 13.7. The second-order valence-electron chi connectivity index (χ2n) is 6.04. The Labute approximate surface area is 116 Å². The lowest BCUT2D eigenvalue weighted by atomic mass is 9.88. The van der Waals surface area contributed by atoms with Gasteiger partial charge in [0, 0.05) is 19.1 Å². The Morgan fingerprint density at radius 3 is 2.68 bits per heavy atom. The van der Waals surface area contributed by atoms with Crippen LogP contribution in [0.5, 0.6) is 0 Å². The molecule has 3 nitrogen and oxygen atoms in total. The summed E-state index contributed by atoms with van der Waals surface area (Å²) in [5.74, 6) is 0. The lowest BCUT2D eigenvalue weighted by Gasteiger charge is -2.43. The Balaban J connectivity index is 1.99. The van der Waals surface area contributed by atoms with Gasteiger partial charge in [0.1, 0.15) is 0 Å². The molecule has 1 aromatic carbocycles. The molecule has 1 heterocycles. The third-order valence-electron chi connectivity index (χ3n) is 3.80. The molecule has 3 heteroatoms. The summed E-state index contributed by atoms with van der Waals surface area (Å²) in [6.45, 7) is 7.53. The molecule has 1 unspecified atom stereocenters. The number of nitrogens with one attached hydrogen (secondary N) is 1. The highest BCUT2D eigenvalue weighted by molar-refractivity contribution is 5.14. The monoisotopic (exact) mass is 262 g/mol. The highest BCUT2D eigenvalue weighted by Gasteiger charge is 2.35. The topological polar surface area (TPSA) is 35.5 Å². The number of aliphatic hydroxyl groups excluding tert-OH is 1. The zero-order valence-corrected chi connectivity index (χ0v) is 12.1. The van der Waals surface area contributed by atoms with E-state index in [0.29, 0.717) is 6.04 Å². The third kappa shape index (κ3) is 4.03. The smallest absolute Gasteiger partial charge is 0.0626 e. The van der Waals surface area contributed by atoms with Crippen LogP contribution in [0.3, 0.4) is 0 Å². The van der Waals surface area contributed by atoms with E-state index in [0.717, 1.165) is 32.5 Å². The lowest BCUT2D eigenvalue weighted by molar-refractivity contribution is 0.0578. The highest BCUT2D eigenvalue weighted by atomic mass is 16.3. The van der Waals surface area contributed by atoms with E-state index in [9.17, 15) is 5.11 Å². The second kappa shape index (κ2) is 6.51. The van der Waals surface area contributed by atoms with E-state index in [2.05, 4.69) is 54.4 Å². The summed E-state index contributed by atoms with van der Waals surface area (Å²) in [5, 5.41) is 13.4. The van der Waals surface area contributed by atoms with Crippen LogP contribution in [0.2, 0.25) is 0 Å². The first-order valence-electron chi connectivity index (χ1n) is 7.28. The van der Waals surface area contributed by atoms with Crippen molar-refractivity contribution in [2.24, 2.45) is 0 Å². The number of aliphatic hydroxyl groups is 1. The fourth-order valence-corrected chi connectivity index (χ4v) is 3.11. The Morgan fingerprint density at radius 1 is 1.32 bits per heavy atom. The van der Waals surface area contributed by atoms with Crippen LogP contribution in [0, 0.1) is 0 Å². The molecule has 1 fully saturated rings. The van der Waals surface area contributed by atoms with Gasteiger partial charge in [0.25, 0.3) is 0 Å². The van der Waals surface area contributed by atoms with E-state index in [-0.39, 0.29) is 12.1 Å². The molecule has 106 valence electrons. The predicted octanol–water partition coefficient (Wildman–Crippen LogP) is 2.01. The molecular formula is C16H26N2O. The Morgan fingerprint density at radius 2 is 2.05 bits per heavy atom. The number of nitrogens with zero attached hydrogens (tertiary/aromatic N) is 1. The average molecular weight is 262 g/mol. The molecule has 19 heavy (non-hydrogen) atoms. The average Bonchev–Trinajstić information content (AvgIpc) is 2.39. The first-order valence-corrected chi connectivity index (χ1v) is 7.28. The first-order chi connectivity index (χ1) is 9.13. The summed E-state index contributed by atoms with van der Waals surface area (Å²) < 4.78 is 0. The van der Waals surface area contributed by atoms with Crippen molar-refractivity contribution in [1.29, 1.82) is 0 Å². The summed E-state index contributed by atoms with van der Waals surface area (Å²) in [6, 6.07) is 11.0. The molecular weight excluding hydrogens is 236 g/mol. The van der Waals surface area contributed by atoms with E-state index >= 15 is 0 Å². The molecule has 0 radical (unpaired) electrons. The van der Waals surface area contributed by atoms with Crippen molar-refractivity contribution >= 4 is 0 Å². The van der Waals surface area contributed by atoms with Crippen LogP contribution in [-0.4, -0.2) is 41.3 Å². The third-order valence-corrected chi connectivity index (χ3v) is 3.80. The predicted molar refractivity (Wildman–Crippen MR) is 79.0 cm³/mol. The molecule has 2 N–H and O–H groups in total. The maximum Gasteiger partial charge on any atom is 0.0626 e.